The van der Waals surface area contributed by atoms with E-state index in [2.05, 4.69) is 0 Å². The van der Waals surface area contributed by atoms with Gasteiger partial charge in [0.05, 0.1) is 11.1 Å². The van der Waals surface area contributed by atoms with E-state index >= 15 is 0 Å². The molecule has 220 valence electrons. The summed E-state index contributed by atoms with van der Waals surface area (Å²) in [5.41, 5.74) is 23.8. The summed E-state index contributed by atoms with van der Waals surface area (Å²) in [6.45, 7) is 13.7. The molecule has 2 aromatic carbocycles. The van der Waals surface area contributed by atoms with Crippen LogP contribution in [0.4, 0.5) is 49.1 Å². The molecule has 0 bridgehead atoms. The zero-order valence-electron chi connectivity index (χ0n) is 24.0. The van der Waals surface area contributed by atoms with E-state index in [1.165, 1.54) is 0 Å². The van der Waals surface area contributed by atoms with Crippen LogP contribution < -0.4 is 22.9 Å². The van der Waals surface area contributed by atoms with Crippen molar-refractivity contribution < 1.29 is 26.3 Å². The Morgan fingerprint density at radius 1 is 0.538 bits per heavy atom. The number of benzene rings is 2. The fourth-order valence-corrected chi connectivity index (χ4v) is 5.84. The molecule has 2 aromatic rings. The van der Waals surface area contributed by atoms with Gasteiger partial charge in [-0.2, -0.15) is 26.3 Å². The van der Waals surface area contributed by atoms with Crippen LogP contribution in [-0.4, -0.2) is 0 Å². The molecule has 8 N–H and O–H groups in total. The lowest BCUT2D eigenvalue weighted by molar-refractivity contribution is -0.139. The summed E-state index contributed by atoms with van der Waals surface area (Å²) in [6, 6.07) is 0.907. The second kappa shape index (κ2) is 11.4. The van der Waals surface area contributed by atoms with Crippen molar-refractivity contribution >= 4 is 22.7 Å². The smallest absolute Gasteiger partial charge is 0.398 e. The van der Waals surface area contributed by atoms with Gasteiger partial charge in [0, 0.05) is 33.9 Å². The van der Waals surface area contributed by atoms with Gasteiger partial charge in [-0.05, 0) is 65.2 Å². The van der Waals surface area contributed by atoms with Gasteiger partial charge in [-0.25, -0.2) is 0 Å². The molecule has 0 radical (unpaired) electrons. The largest absolute Gasteiger partial charge is 0.417 e. The van der Waals surface area contributed by atoms with E-state index in [-0.39, 0.29) is 64.1 Å². The number of anilines is 4. The van der Waals surface area contributed by atoms with Crippen LogP contribution in [0.2, 0.25) is 0 Å². The molecular weight excluding hydrogens is 518 g/mol. The second-order valence-corrected chi connectivity index (χ2v) is 11.5. The summed E-state index contributed by atoms with van der Waals surface area (Å²) in [4.78, 5) is 0. The van der Waals surface area contributed by atoms with Crippen LogP contribution in [0.3, 0.4) is 0 Å². The Bertz CT molecular complexity index is 1200. The molecule has 2 rings (SSSR count). The molecule has 0 aliphatic carbocycles. The van der Waals surface area contributed by atoms with Gasteiger partial charge in [-0.3, -0.25) is 0 Å². The average Bonchev–Trinajstić information content (AvgIpc) is 2.74. The minimum Gasteiger partial charge on any atom is -0.398 e. The maximum atomic E-state index is 14.5. The highest BCUT2D eigenvalue weighted by Crippen LogP contribution is 2.51. The second-order valence-electron chi connectivity index (χ2n) is 11.5. The maximum Gasteiger partial charge on any atom is 0.417 e. The van der Waals surface area contributed by atoms with Gasteiger partial charge in [0.1, 0.15) is 0 Å². The van der Waals surface area contributed by atoms with Crippen LogP contribution in [0, 0.1) is 0 Å². The molecule has 2 atom stereocenters. The van der Waals surface area contributed by atoms with Gasteiger partial charge >= 0.3 is 12.4 Å². The third-order valence-electron chi connectivity index (χ3n) is 7.52. The van der Waals surface area contributed by atoms with Gasteiger partial charge in [-0.15, -0.1) is 0 Å². The van der Waals surface area contributed by atoms with Crippen LogP contribution in [-0.2, 0) is 12.4 Å². The summed E-state index contributed by atoms with van der Waals surface area (Å²) in [5.74, 6) is -2.39. The first-order valence-electron chi connectivity index (χ1n) is 13.2. The van der Waals surface area contributed by atoms with E-state index in [9.17, 15) is 26.3 Å². The topological polar surface area (TPSA) is 104 Å². The molecule has 0 saturated carbocycles. The summed E-state index contributed by atoms with van der Waals surface area (Å²) >= 11 is 0. The molecule has 0 aliphatic heterocycles. The van der Waals surface area contributed by atoms with E-state index in [0.29, 0.717) is 11.1 Å². The third-order valence-corrected chi connectivity index (χ3v) is 7.52. The molecular formula is C29H42F6N4. The number of hydrogen-bond acceptors (Lipinski definition) is 4. The first-order chi connectivity index (χ1) is 17.6. The van der Waals surface area contributed by atoms with Gasteiger partial charge < -0.3 is 22.9 Å². The van der Waals surface area contributed by atoms with E-state index in [0.717, 1.165) is 6.07 Å². The highest BCUT2D eigenvalue weighted by molar-refractivity contribution is 5.75. The van der Waals surface area contributed by atoms with Crippen LogP contribution >= 0.6 is 0 Å². The molecule has 0 fully saturated rings. The van der Waals surface area contributed by atoms with E-state index in [4.69, 9.17) is 22.9 Å². The number of rotatable bonds is 8. The van der Waals surface area contributed by atoms with Crippen molar-refractivity contribution in [3.05, 3.63) is 45.0 Å². The lowest BCUT2D eigenvalue weighted by atomic mass is 9.78. The fraction of sp³-hybridized carbons (Fsp3) is 0.586. The Balaban J connectivity index is 2.67. The van der Waals surface area contributed by atoms with Crippen molar-refractivity contribution in [1.29, 1.82) is 0 Å². The van der Waals surface area contributed by atoms with Crippen LogP contribution in [0.1, 0.15) is 137 Å². The highest BCUT2D eigenvalue weighted by Gasteiger charge is 2.42. The van der Waals surface area contributed by atoms with Crippen molar-refractivity contribution in [2.75, 3.05) is 22.9 Å². The Labute approximate surface area is 227 Å². The minimum absolute atomic E-state index is 0.000916. The van der Waals surface area contributed by atoms with Crippen molar-refractivity contribution in [1.82, 2.24) is 0 Å². The number of alkyl halides is 6. The lowest BCUT2D eigenvalue weighted by Gasteiger charge is -2.31. The lowest BCUT2D eigenvalue weighted by Crippen LogP contribution is -2.22. The van der Waals surface area contributed by atoms with Gasteiger partial charge in [0.15, 0.2) is 0 Å². The molecule has 10 heteroatoms. The molecule has 39 heavy (non-hydrogen) atoms. The zero-order valence-corrected chi connectivity index (χ0v) is 24.0. The van der Waals surface area contributed by atoms with E-state index in [1.807, 2.05) is 13.8 Å². The molecule has 4 nitrogen and oxygen atoms in total. The quantitative estimate of drug-likeness (QED) is 0.191. The standard InChI is InChI=1S/C29H42F6N4/c1-12(2)19-18(36)11-17(28(30,31)32)22(25(19)37)15(7)9-10-16(8)23-24(29(33,34)35)20(13(3)4)26(38)21(14(5)6)27(23)39/h11-16H,9-10,36-39H2,1-8H3. The summed E-state index contributed by atoms with van der Waals surface area (Å²) in [7, 11) is 0. The maximum absolute atomic E-state index is 14.5. The first-order valence-corrected chi connectivity index (χ1v) is 13.2. The Morgan fingerprint density at radius 3 is 1.31 bits per heavy atom. The van der Waals surface area contributed by atoms with Crippen LogP contribution in [0.15, 0.2) is 6.07 Å². The van der Waals surface area contributed by atoms with E-state index in [1.54, 1.807) is 41.5 Å². The molecule has 0 aliphatic rings. The number of halogens is 6. The molecule has 0 amide bonds. The predicted molar refractivity (Wildman–Crippen MR) is 149 cm³/mol. The Hall–Kier alpha value is -2.78. The molecule has 0 heterocycles. The number of nitrogen functional groups attached to an aromatic ring is 4. The average molecular weight is 561 g/mol. The Morgan fingerprint density at radius 2 is 0.923 bits per heavy atom. The highest BCUT2D eigenvalue weighted by atomic mass is 19.4. The fourth-order valence-electron chi connectivity index (χ4n) is 5.84. The minimum atomic E-state index is -4.72. The molecule has 0 aromatic heterocycles. The number of nitrogens with two attached hydrogens (primary N) is 4. The number of hydrogen-bond donors (Lipinski definition) is 4. The van der Waals surface area contributed by atoms with Gasteiger partial charge in [0.2, 0.25) is 0 Å². The summed E-state index contributed by atoms with van der Waals surface area (Å²) in [5, 5.41) is 0. The summed E-state index contributed by atoms with van der Waals surface area (Å²) < 4.78 is 85.6. The molecule has 2 unspecified atom stereocenters. The SMILES string of the molecule is CC(C)c1c(N)cc(C(F)(F)F)c(C(C)CCC(C)c2c(N)c(C(C)C)c(N)c(C(C)C)c2C(F)(F)F)c1N. The van der Waals surface area contributed by atoms with Crippen LogP contribution in [0.5, 0.6) is 0 Å². The van der Waals surface area contributed by atoms with Gasteiger partial charge in [-0.1, -0.05) is 55.4 Å². The van der Waals surface area contributed by atoms with E-state index < -0.39 is 41.2 Å². The Kier molecular flexibility index (Phi) is 9.46. The summed E-state index contributed by atoms with van der Waals surface area (Å²) in [6.07, 6.45) is -9.13. The first kappa shape index (κ1) is 32.4. The van der Waals surface area contributed by atoms with Crippen molar-refractivity contribution in [3.8, 4) is 0 Å². The third kappa shape index (κ3) is 6.35. The van der Waals surface area contributed by atoms with Crippen molar-refractivity contribution in [3.63, 3.8) is 0 Å². The zero-order chi connectivity index (χ0) is 30.4. The normalized spacial score (nSPS) is 14.5. The van der Waals surface area contributed by atoms with Crippen molar-refractivity contribution in [2.24, 2.45) is 0 Å². The van der Waals surface area contributed by atoms with Crippen molar-refractivity contribution in [2.45, 2.75) is 110 Å². The van der Waals surface area contributed by atoms with Gasteiger partial charge in [0.25, 0.3) is 0 Å². The molecule has 0 saturated heterocycles. The molecule has 0 spiro atoms. The van der Waals surface area contributed by atoms with Crippen LogP contribution in [0.25, 0.3) is 0 Å². The predicted octanol–water partition coefficient (Wildman–Crippen LogP) is 9.11. The monoisotopic (exact) mass is 560 g/mol.